The molecule has 0 aromatic heterocycles. The maximum absolute atomic E-state index is 11.1. The molecule has 0 aliphatic rings. The second-order valence-electron chi connectivity index (χ2n) is 2.74. The van der Waals surface area contributed by atoms with E-state index in [2.05, 4.69) is 5.32 Å². The van der Waals surface area contributed by atoms with Gasteiger partial charge in [0.15, 0.2) is 0 Å². The standard InChI is InChI=1S/C11H12ClNO2/c1-2-15-10-5-3-9(4-6-10)13-11(14)7-8-12/h3-8H,2H2,1H3,(H,13,14). The summed E-state index contributed by atoms with van der Waals surface area (Å²) in [4.78, 5) is 11.1. The summed E-state index contributed by atoms with van der Waals surface area (Å²) in [6.45, 7) is 2.54. The zero-order valence-corrected chi connectivity index (χ0v) is 9.12. The van der Waals surface area contributed by atoms with Crippen LogP contribution in [0.25, 0.3) is 0 Å². The number of rotatable bonds is 4. The van der Waals surface area contributed by atoms with Crippen molar-refractivity contribution in [2.75, 3.05) is 11.9 Å². The molecule has 0 aliphatic carbocycles. The van der Waals surface area contributed by atoms with Crippen LogP contribution in [-0.2, 0) is 4.79 Å². The zero-order valence-electron chi connectivity index (χ0n) is 8.37. The first-order valence-electron chi connectivity index (χ1n) is 4.57. The lowest BCUT2D eigenvalue weighted by atomic mass is 10.3. The first-order valence-corrected chi connectivity index (χ1v) is 5.00. The molecule has 0 spiro atoms. The van der Waals surface area contributed by atoms with E-state index in [1.165, 1.54) is 11.6 Å². The number of anilines is 1. The Morgan fingerprint density at radius 1 is 1.47 bits per heavy atom. The number of halogens is 1. The van der Waals surface area contributed by atoms with Gasteiger partial charge in [-0.15, -0.1) is 0 Å². The molecule has 15 heavy (non-hydrogen) atoms. The summed E-state index contributed by atoms with van der Waals surface area (Å²) in [5.41, 5.74) is 1.88. The summed E-state index contributed by atoms with van der Waals surface area (Å²) in [5.74, 6) is 0.526. The number of nitrogens with one attached hydrogen (secondary N) is 1. The van der Waals surface area contributed by atoms with Gasteiger partial charge in [-0.2, -0.15) is 0 Å². The Balaban J connectivity index is 2.60. The van der Waals surface area contributed by atoms with Crippen molar-refractivity contribution in [1.82, 2.24) is 0 Å². The molecule has 1 rings (SSSR count). The lowest BCUT2D eigenvalue weighted by molar-refractivity contribution is -0.111. The molecule has 0 saturated carbocycles. The Bertz CT molecular complexity index is 346. The van der Waals surface area contributed by atoms with Crippen LogP contribution in [0.5, 0.6) is 5.75 Å². The second kappa shape index (κ2) is 6.09. The largest absolute Gasteiger partial charge is 0.494 e. The minimum Gasteiger partial charge on any atom is -0.494 e. The number of hydrogen-bond donors (Lipinski definition) is 1. The Labute approximate surface area is 93.7 Å². The number of hydrogen-bond acceptors (Lipinski definition) is 2. The fraction of sp³-hybridized carbons (Fsp3) is 0.182. The van der Waals surface area contributed by atoms with Crippen LogP contribution >= 0.6 is 11.6 Å². The van der Waals surface area contributed by atoms with Crippen molar-refractivity contribution in [3.63, 3.8) is 0 Å². The van der Waals surface area contributed by atoms with Gasteiger partial charge in [0.05, 0.1) is 6.61 Å². The van der Waals surface area contributed by atoms with E-state index in [9.17, 15) is 4.79 Å². The van der Waals surface area contributed by atoms with Crippen LogP contribution in [0, 0.1) is 0 Å². The van der Waals surface area contributed by atoms with Crippen molar-refractivity contribution in [2.45, 2.75) is 6.92 Å². The smallest absolute Gasteiger partial charge is 0.249 e. The zero-order chi connectivity index (χ0) is 11.1. The SMILES string of the molecule is CCOc1ccc(NC(=O)C=CCl)cc1. The normalized spacial score (nSPS) is 10.3. The lowest BCUT2D eigenvalue weighted by Gasteiger charge is -2.04. The summed E-state index contributed by atoms with van der Waals surface area (Å²) >= 11 is 5.27. The van der Waals surface area contributed by atoms with Crippen molar-refractivity contribution < 1.29 is 9.53 Å². The van der Waals surface area contributed by atoms with Gasteiger partial charge in [0.2, 0.25) is 5.91 Å². The van der Waals surface area contributed by atoms with Gasteiger partial charge >= 0.3 is 0 Å². The van der Waals surface area contributed by atoms with Crippen molar-refractivity contribution in [3.05, 3.63) is 35.9 Å². The number of ether oxygens (including phenoxy) is 1. The summed E-state index contributed by atoms with van der Waals surface area (Å²) in [6.07, 6.45) is 1.25. The summed E-state index contributed by atoms with van der Waals surface area (Å²) in [7, 11) is 0. The third-order valence-corrected chi connectivity index (χ3v) is 1.77. The molecule has 1 aromatic rings. The number of amides is 1. The maximum Gasteiger partial charge on any atom is 0.249 e. The van der Waals surface area contributed by atoms with E-state index >= 15 is 0 Å². The average Bonchev–Trinajstić information content (AvgIpc) is 2.22. The Morgan fingerprint density at radius 2 is 2.13 bits per heavy atom. The van der Waals surface area contributed by atoms with E-state index in [1.54, 1.807) is 24.3 Å². The molecule has 1 amide bonds. The molecule has 80 valence electrons. The number of benzene rings is 1. The van der Waals surface area contributed by atoms with Crippen molar-refractivity contribution >= 4 is 23.2 Å². The Morgan fingerprint density at radius 3 is 2.67 bits per heavy atom. The van der Waals surface area contributed by atoms with Crippen LogP contribution in [-0.4, -0.2) is 12.5 Å². The molecule has 3 nitrogen and oxygen atoms in total. The molecule has 1 N–H and O–H groups in total. The van der Waals surface area contributed by atoms with Gasteiger partial charge in [0.25, 0.3) is 0 Å². The van der Waals surface area contributed by atoms with Crippen LogP contribution in [0.3, 0.4) is 0 Å². The van der Waals surface area contributed by atoms with Gasteiger partial charge in [-0.05, 0) is 31.2 Å². The van der Waals surface area contributed by atoms with Crippen LogP contribution in [0.4, 0.5) is 5.69 Å². The minimum absolute atomic E-state index is 0.255. The highest BCUT2D eigenvalue weighted by Gasteiger charge is 1.97. The molecule has 4 heteroatoms. The van der Waals surface area contributed by atoms with E-state index in [0.29, 0.717) is 12.3 Å². The van der Waals surface area contributed by atoms with E-state index in [0.717, 1.165) is 5.75 Å². The van der Waals surface area contributed by atoms with Gasteiger partial charge in [-0.1, -0.05) is 11.6 Å². The lowest BCUT2D eigenvalue weighted by Crippen LogP contribution is -2.07. The average molecular weight is 226 g/mol. The first-order chi connectivity index (χ1) is 7.26. The quantitative estimate of drug-likeness (QED) is 0.801. The summed E-state index contributed by atoms with van der Waals surface area (Å²) < 4.78 is 5.27. The van der Waals surface area contributed by atoms with Crippen molar-refractivity contribution in [1.29, 1.82) is 0 Å². The molecule has 0 atom stereocenters. The third kappa shape index (κ3) is 4.04. The Hall–Kier alpha value is -1.48. The fourth-order valence-corrected chi connectivity index (χ4v) is 1.16. The molecule has 0 aliphatic heterocycles. The summed E-state index contributed by atoms with van der Waals surface area (Å²) in [5, 5.41) is 2.65. The van der Waals surface area contributed by atoms with E-state index in [1.807, 2.05) is 6.92 Å². The molecule has 0 heterocycles. The highest BCUT2D eigenvalue weighted by molar-refractivity contribution is 6.27. The van der Waals surface area contributed by atoms with Crippen molar-refractivity contribution in [2.24, 2.45) is 0 Å². The predicted octanol–water partition coefficient (Wildman–Crippen LogP) is 2.78. The van der Waals surface area contributed by atoms with Gasteiger partial charge in [0.1, 0.15) is 5.75 Å². The molecule has 0 unspecified atom stereocenters. The topological polar surface area (TPSA) is 38.3 Å². The van der Waals surface area contributed by atoms with E-state index in [4.69, 9.17) is 16.3 Å². The maximum atomic E-state index is 11.1. The van der Waals surface area contributed by atoms with Crippen LogP contribution in [0.1, 0.15) is 6.92 Å². The van der Waals surface area contributed by atoms with Gasteiger partial charge < -0.3 is 10.1 Å². The monoisotopic (exact) mass is 225 g/mol. The van der Waals surface area contributed by atoms with Gasteiger partial charge in [-0.3, -0.25) is 4.79 Å². The highest BCUT2D eigenvalue weighted by Crippen LogP contribution is 2.15. The highest BCUT2D eigenvalue weighted by atomic mass is 35.5. The van der Waals surface area contributed by atoms with Crippen molar-refractivity contribution in [3.8, 4) is 5.75 Å². The van der Waals surface area contributed by atoms with Crippen LogP contribution < -0.4 is 10.1 Å². The molecule has 1 aromatic carbocycles. The minimum atomic E-state index is -0.255. The van der Waals surface area contributed by atoms with Crippen LogP contribution in [0.15, 0.2) is 35.9 Å². The van der Waals surface area contributed by atoms with Gasteiger partial charge in [-0.25, -0.2) is 0 Å². The van der Waals surface area contributed by atoms with E-state index in [-0.39, 0.29) is 5.91 Å². The molecule has 0 fully saturated rings. The second-order valence-corrected chi connectivity index (χ2v) is 2.99. The van der Waals surface area contributed by atoms with Gasteiger partial charge in [0, 0.05) is 17.3 Å². The molecule has 0 radical (unpaired) electrons. The molecular weight excluding hydrogens is 214 g/mol. The number of carbonyl (C=O) groups excluding carboxylic acids is 1. The van der Waals surface area contributed by atoms with Crippen LogP contribution in [0.2, 0.25) is 0 Å². The molecular formula is C11H12ClNO2. The first kappa shape index (κ1) is 11.6. The van der Waals surface area contributed by atoms with E-state index < -0.39 is 0 Å². The fourth-order valence-electron chi connectivity index (χ4n) is 1.04. The third-order valence-electron chi connectivity index (χ3n) is 1.65. The Kier molecular flexibility index (Phi) is 4.71. The summed E-state index contributed by atoms with van der Waals surface area (Å²) in [6, 6.07) is 7.13. The molecule has 0 saturated heterocycles. The molecule has 0 bridgehead atoms. The number of carbonyl (C=O) groups is 1. The predicted molar refractivity (Wildman–Crippen MR) is 61.2 cm³/mol.